The summed E-state index contributed by atoms with van der Waals surface area (Å²) in [6, 6.07) is 22.8. The maximum Gasteiger partial charge on any atom is 0.217 e. The highest BCUT2D eigenvalue weighted by atomic mass is 16.5. The first kappa shape index (κ1) is 30.5. The molecule has 0 radical (unpaired) electrons. The zero-order valence-corrected chi connectivity index (χ0v) is 27.1. The van der Waals surface area contributed by atoms with E-state index in [4.69, 9.17) is 14.7 Å². The molecule has 3 atom stereocenters. The predicted molar refractivity (Wildman–Crippen MR) is 187 cm³/mol. The van der Waals surface area contributed by atoms with Gasteiger partial charge in [0.2, 0.25) is 5.91 Å². The molecule has 230 valence electrons. The molecule has 1 aliphatic carbocycles. The minimum Gasteiger partial charge on any atom is -0.487 e. The fraction of sp³-hybridized carbons (Fsp3) is 0.325. The molecule has 45 heavy (non-hydrogen) atoms. The van der Waals surface area contributed by atoms with Crippen molar-refractivity contribution in [3.63, 3.8) is 0 Å². The first-order chi connectivity index (χ1) is 21.7. The van der Waals surface area contributed by atoms with Crippen molar-refractivity contribution >= 4 is 50.6 Å². The van der Waals surface area contributed by atoms with Crippen LogP contribution in [0.15, 0.2) is 79.4 Å². The van der Waals surface area contributed by atoms with Crippen molar-refractivity contribution in [2.45, 2.75) is 71.9 Å². The fourth-order valence-electron chi connectivity index (χ4n) is 7.40. The third-order valence-electron chi connectivity index (χ3n) is 9.54. The van der Waals surface area contributed by atoms with E-state index in [1.165, 1.54) is 42.5 Å². The minimum atomic E-state index is -0.187. The van der Waals surface area contributed by atoms with Gasteiger partial charge in [-0.3, -0.25) is 4.79 Å². The molecule has 1 fully saturated rings. The molecule has 1 N–H and O–H groups in total. The highest BCUT2D eigenvalue weighted by Crippen LogP contribution is 2.56. The molecule has 1 aromatic heterocycles. The number of fused-ring (bicyclic) bond motifs is 9. The number of benzene rings is 4. The van der Waals surface area contributed by atoms with Crippen molar-refractivity contribution in [3.8, 4) is 5.75 Å². The zero-order chi connectivity index (χ0) is 31.7. The average Bonchev–Trinajstić information content (AvgIpc) is 3.03. The molecule has 5 aromatic rings. The van der Waals surface area contributed by atoms with Crippen LogP contribution in [0.4, 0.5) is 0 Å². The summed E-state index contributed by atoms with van der Waals surface area (Å²) >= 11 is 0. The Hall–Kier alpha value is -4.51. The van der Waals surface area contributed by atoms with Crippen molar-refractivity contribution in [1.29, 1.82) is 0 Å². The van der Waals surface area contributed by atoms with Crippen LogP contribution >= 0.6 is 0 Å². The summed E-state index contributed by atoms with van der Waals surface area (Å²) in [4.78, 5) is 21.1. The number of amides is 1. The van der Waals surface area contributed by atoms with E-state index in [1.54, 1.807) is 0 Å². The number of nitrogens with zero attached hydrogens (tertiary/aromatic N) is 2. The van der Waals surface area contributed by atoms with E-state index in [0.29, 0.717) is 24.3 Å². The molecule has 5 nitrogen and oxygen atoms in total. The third-order valence-corrected chi connectivity index (χ3v) is 9.54. The monoisotopic (exact) mass is 597 g/mol. The van der Waals surface area contributed by atoms with Gasteiger partial charge in [0.15, 0.2) is 0 Å². The number of carbonyl (C=O) groups excluding carboxylic acids is 1. The lowest BCUT2D eigenvalue weighted by Crippen LogP contribution is -2.46. The summed E-state index contributed by atoms with van der Waals surface area (Å²) in [5.41, 5.74) is 5.91. The highest BCUT2D eigenvalue weighted by molar-refractivity contribution is 6.10. The Morgan fingerprint density at radius 3 is 2.38 bits per heavy atom. The van der Waals surface area contributed by atoms with Crippen LogP contribution in [0.3, 0.4) is 0 Å². The number of ether oxygens (including phenoxy) is 1. The Kier molecular flexibility index (Phi) is 8.46. The molecule has 1 saturated carbocycles. The molecule has 2 aliphatic rings. The van der Waals surface area contributed by atoms with E-state index in [2.05, 4.69) is 75.1 Å². The standard InChI is InChI=1S/C27H30N2O.C13H13NO/c1-6-10-22-21(7-2)28-25-23-19-15-16(3)13-14-20(19)27(4,5)30-26(23)18-12-9-8-11-17(18)24(25)29-22;1-10(15)14-9-12-7-4-6-11-5-2-3-8-13(11)12/h6-12,16,19-20H,2,13-15H2,1,3-5H3;2-8H,9H2,1H3,(H,14,15)/b10-6-;/t16?,19-,20?;/m0./s1. The lowest BCUT2D eigenvalue weighted by molar-refractivity contribution is -0.119. The first-order valence-electron chi connectivity index (χ1n) is 16.1. The number of hydrogen-bond donors (Lipinski definition) is 1. The molecule has 2 unspecified atom stereocenters. The second kappa shape index (κ2) is 12.5. The molecule has 2 heterocycles. The van der Waals surface area contributed by atoms with Gasteiger partial charge in [-0.2, -0.15) is 0 Å². The Labute approximate surface area is 266 Å². The van der Waals surface area contributed by atoms with Gasteiger partial charge in [-0.1, -0.05) is 92.7 Å². The maximum atomic E-state index is 10.8. The molecule has 1 aliphatic heterocycles. The van der Waals surface area contributed by atoms with Crippen molar-refractivity contribution in [1.82, 2.24) is 15.3 Å². The van der Waals surface area contributed by atoms with E-state index in [9.17, 15) is 4.79 Å². The lowest BCUT2D eigenvalue weighted by Gasteiger charge is -2.49. The van der Waals surface area contributed by atoms with Crippen molar-refractivity contribution in [3.05, 3.63) is 102 Å². The molecular weight excluding hydrogens is 554 g/mol. The van der Waals surface area contributed by atoms with Crippen LogP contribution < -0.4 is 10.1 Å². The molecular formula is C40H43N3O2. The van der Waals surface area contributed by atoms with Gasteiger partial charge in [-0.05, 0) is 73.9 Å². The summed E-state index contributed by atoms with van der Waals surface area (Å²) in [7, 11) is 0. The van der Waals surface area contributed by atoms with Crippen LogP contribution in [0.25, 0.3) is 44.7 Å². The van der Waals surface area contributed by atoms with E-state index in [0.717, 1.165) is 44.5 Å². The van der Waals surface area contributed by atoms with E-state index in [1.807, 2.05) is 49.4 Å². The number of rotatable bonds is 4. The first-order valence-corrected chi connectivity index (χ1v) is 16.1. The summed E-state index contributed by atoms with van der Waals surface area (Å²) < 4.78 is 6.79. The molecule has 0 saturated heterocycles. The normalized spacial score (nSPS) is 20.2. The summed E-state index contributed by atoms with van der Waals surface area (Å²) in [5, 5.41) is 7.49. The van der Waals surface area contributed by atoms with Crippen molar-refractivity contribution < 1.29 is 9.53 Å². The minimum absolute atomic E-state index is 0.00272. The largest absolute Gasteiger partial charge is 0.487 e. The Balaban J connectivity index is 0.000000200. The molecule has 4 aromatic carbocycles. The van der Waals surface area contributed by atoms with E-state index in [-0.39, 0.29) is 11.5 Å². The van der Waals surface area contributed by atoms with E-state index < -0.39 is 0 Å². The molecule has 1 amide bonds. The number of allylic oxidation sites excluding steroid dienone is 1. The summed E-state index contributed by atoms with van der Waals surface area (Å²) in [6.07, 6.45) is 9.49. The van der Waals surface area contributed by atoms with Crippen LogP contribution in [0.1, 0.15) is 82.3 Å². The Morgan fingerprint density at radius 1 is 0.956 bits per heavy atom. The van der Waals surface area contributed by atoms with Gasteiger partial charge in [0.1, 0.15) is 11.4 Å². The van der Waals surface area contributed by atoms with Gasteiger partial charge in [-0.15, -0.1) is 0 Å². The molecule has 5 heteroatoms. The Bertz CT molecular complexity index is 1930. The Morgan fingerprint density at radius 2 is 1.64 bits per heavy atom. The quantitative estimate of drug-likeness (QED) is 0.210. The van der Waals surface area contributed by atoms with Gasteiger partial charge < -0.3 is 10.1 Å². The molecule has 7 rings (SSSR count). The second-order valence-corrected chi connectivity index (χ2v) is 13.1. The number of nitrogens with one attached hydrogen (secondary N) is 1. The van der Waals surface area contributed by atoms with Gasteiger partial charge in [0.05, 0.1) is 22.4 Å². The van der Waals surface area contributed by atoms with Crippen LogP contribution in [0, 0.1) is 11.8 Å². The number of hydrogen-bond acceptors (Lipinski definition) is 4. The molecule has 0 spiro atoms. The van der Waals surface area contributed by atoms with Crippen LogP contribution in [0.5, 0.6) is 5.75 Å². The van der Waals surface area contributed by atoms with Crippen molar-refractivity contribution in [2.24, 2.45) is 11.8 Å². The molecule has 0 bridgehead atoms. The predicted octanol–water partition coefficient (Wildman–Crippen LogP) is 9.63. The van der Waals surface area contributed by atoms with Gasteiger partial charge in [-0.25, -0.2) is 9.97 Å². The smallest absolute Gasteiger partial charge is 0.217 e. The zero-order valence-electron chi connectivity index (χ0n) is 27.1. The highest BCUT2D eigenvalue weighted by Gasteiger charge is 2.47. The van der Waals surface area contributed by atoms with Gasteiger partial charge >= 0.3 is 0 Å². The SMILES string of the molecule is C=Cc1nc2c3c(c4ccccc4c2nc1/C=C\C)OC(C)(C)C1CCC(C)C[C@H]31.CC(=O)NCc1cccc2ccccc12. The van der Waals surface area contributed by atoms with Crippen LogP contribution in [-0.2, 0) is 11.3 Å². The maximum absolute atomic E-state index is 10.8. The summed E-state index contributed by atoms with van der Waals surface area (Å²) in [5.74, 6) is 2.67. The van der Waals surface area contributed by atoms with Gasteiger partial charge in [0, 0.05) is 35.7 Å². The average molecular weight is 598 g/mol. The second-order valence-electron chi connectivity index (χ2n) is 13.1. The topological polar surface area (TPSA) is 64.1 Å². The van der Waals surface area contributed by atoms with E-state index >= 15 is 0 Å². The van der Waals surface area contributed by atoms with Crippen LogP contribution in [-0.4, -0.2) is 21.5 Å². The third kappa shape index (κ3) is 5.84. The lowest BCUT2D eigenvalue weighted by atomic mass is 9.64. The van der Waals surface area contributed by atoms with Gasteiger partial charge in [0.25, 0.3) is 0 Å². The summed E-state index contributed by atoms with van der Waals surface area (Å²) in [6.45, 7) is 15.0. The van der Waals surface area contributed by atoms with Crippen molar-refractivity contribution in [2.75, 3.05) is 0 Å². The number of carbonyl (C=O) groups is 1. The number of aromatic nitrogens is 2. The van der Waals surface area contributed by atoms with Crippen LogP contribution in [0.2, 0.25) is 0 Å². The fourth-order valence-corrected chi connectivity index (χ4v) is 7.40.